The number of nitrogens with one attached hydrogen (secondary N) is 1. The van der Waals surface area contributed by atoms with E-state index in [9.17, 15) is 13.2 Å². The van der Waals surface area contributed by atoms with E-state index >= 15 is 0 Å². The number of nitrogens with zero attached hydrogens (tertiary/aromatic N) is 1. The van der Waals surface area contributed by atoms with Crippen molar-refractivity contribution >= 4 is 44.2 Å². The van der Waals surface area contributed by atoms with Gasteiger partial charge in [-0.3, -0.25) is 4.79 Å². The molecule has 7 heteroatoms. The van der Waals surface area contributed by atoms with Gasteiger partial charge in [-0.1, -0.05) is 36.4 Å². The van der Waals surface area contributed by atoms with Crippen LogP contribution < -0.4 is 5.32 Å². The quantitative estimate of drug-likeness (QED) is 0.589. The topological polar surface area (TPSA) is 66.5 Å². The number of benzene rings is 3. The Morgan fingerprint density at radius 3 is 2.63 bits per heavy atom. The van der Waals surface area contributed by atoms with Gasteiger partial charge in [0, 0.05) is 23.7 Å². The molecule has 1 aliphatic heterocycles. The minimum Gasteiger partial charge on any atom is -0.326 e. The molecule has 1 fully saturated rings. The Morgan fingerprint density at radius 2 is 1.83 bits per heavy atom. The summed E-state index contributed by atoms with van der Waals surface area (Å²) >= 11 is 1.61. The SMILES string of the molecule is CSc1cccc(NC(=O)[C@@H]2CCCN(S(=O)(=O)c3ccc4ccccc4c3)C2)c1. The van der Waals surface area contributed by atoms with E-state index in [2.05, 4.69) is 5.32 Å². The van der Waals surface area contributed by atoms with Crippen molar-refractivity contribution in [2.75, 3.05) is 24.7 Å². The van der Waals surface area contributed by atoms with E-state index < -0.39 is 10.0 Å². The molecule has 1 heterocycles. The monoisotopic (exact) mass is 440 g/mol. The fourth-order valence-corrected chi connectivity index (χ4v) is 5.82. The number of rotatable bonds is 5. The molecule has 0 unspecified atom stereocenters. The van der Waals surface area contributed by atoms with Crippen molar-refractivity contribution in [3.05, 3.63) is 66.7 Å². The molecule has 1 saturated heterocycles. The first-order valence-electron chi connectivity index (χ1n) is 9.91. The molecule has 1 aliphatic rings. The Hall–Kier alpha value is -2.35. The minimum absolute atomic E-state index is 0.133. The number of thioether (sulfide) groups is 1. The number of sulfonamides is 1. The summed E-state index contributed by atoms with van der Waals surface area (Å²) in [5.41, 5.74) is 0.737. The van der Waals surface area contributed by atoms with E-state index in [-0.39, 0.29) is 23.3 Å². The zero-order valence-electron chi connectivity index (χ0n) is 16.7. The van der Waals surface area contributed by atoms with Crippen LogP contribution in [0.2, 0.25) is 0 Å². The molecule has 156 valence electrons. The Kier molecular flexibility index (Phi) is 6.13. The van der Waals surface area contributed by atoms with Crippen molar-refractivity contribution in [2.24, 2.45) is 5.92 Å². The predicted molar refractivity (Wildman–Crippen MR) is 122 cm³/mol. The van der Waals surface area contributed by atoms with Gasteiger partial charge in [-0.25, -0.2) is 8.42 Å². The first-order valence-corrected chi connectivity index (χ1v) is 12.6. The van der Waals surface area contributed by atoms with Crippen LogP contribution in [0.5, 0.6) is 0 Å². The van der Waals surface area contributed by atoms with E-state index in [4.69, 9.17) is 0 Å². The highest BCUT2D eigenvalue weighted by molar-refractivity contribution is 7.98. The average molecular weight is 441 g/mol. The van der Waals surface area contributed by atoms with Crippen LogP contribution >= 0.6 is 11.8 Å². The van der Waals surface area contributed by atoms with Crippen LogP contribution in [-0.4, -0.2) is 38.0 Å². The number of anilines is 1. The third-order valence-electron chi connectivity index (χ3n) is 5.45. The normalized spacial score (nSPS) is 17.7. The summed E-state index contributed by atoms with van der Waals surface area (Å²) < 4.78 is 27.9. The summed E-state index contributed by atoms with van der Waals surface area (Å²) in [6, 6.07) is 20.5. The summed E-state index contributed by atoms with van der Waals surface area (Å²) in [6.07, 6.45) is 3.32. The van der Waals surface area contributed by atoms with Crippen LogP contribution in [0.15, 0.2) is 76.5 Å². The molecule has 4 rings (SSSR count). The molecule has 30 heavy (non-hydrogen) atoms. The molecule has 0 spiro atoms. The zero-order valence-corrected chi connectivity index (χ0v) is 18.4. The molecule has 0 saturated carbocycles. The lowest BCUT2D eigenvalue weighted by Crippen LogP contribution is -2.43. The van der Waals surface area contributed by atoms with Gasteiger partial charge in [0.1, 0.15) is 0 Å². The maximum atomic E-state index is 13.2. The van der Waals surface area contributed by atoms with Gasteiger partial charge in [-0.15, -0.1) is 11.8 Å². The van der Waals surface area contributed by atoms with E-state index in [1.54, 1.807) is 23.9 Å². The Labute approximate surface area is 181 Å². The van der Waals surface area contributed by atoms with Gasteiger partial charge >= 0.3 is 0 Å². The average Bonchev–Trinajstić information content (AvgIpc) is 2.79. The highest BCUT2D eigenvalue weighted by atomic mass is 32.2. The number of amides is 1. The second-order valence-electron chi connectivity index (χ2n) is 7.43. The maximum Gasteiger partial charge on any atom is 0.243 e. The third-order valence-corrected chi connectivity index (χ3v) is 8.04. The van der Waals surface area contributed by atoms with Gasteiger partial charge in [0.25, 0.3) is 0 Å². The van der Waals surface area contributed by atoms with Crippen molar-refractivity contribution in [3.8, 4) is 0 Å². The van der Waals surface area contributed by atoms with Gasteiger partial charge in [0.2, 0.25) is 15.9 Å². The first kappa shape index (κ1) is 20.9. The number of carbonyl (C=O) groups excluding carboxylic acids is 1. The summed E-state index contributed by atoms with van der Waals surface area (Å²) in [5.74, 6) is -0.501. The number of hydrogen-bond acceptors (Lipinski definition) is 4. The Balaban J connectivity index is 1.51. The van der Waals surface area contributed by atoms with Crippen LogP contribution in [0, 0.1) is 5.92 Å². The zero-order chi connectivity index (χ0) is 21.1. The van der Waals surface area contributed by atoms with Crippen LogP contribution in [0.1, 0.15) is 12.8 Å². The maximum absolute atomic E-state index is 13.2. The smallest absolute Gasteiger partial charge is 0.243 e. The van der Waals surface area contributed by atoms with Gasteiger partial charge in [-0.05, 0) is 60.2 Å². The molecule has 0 aromatic heterocycles. The van der Waals surface area contributed by atoms with Gasteiger partial charge in [0.15, 0.2) is 0 Å². The van der Waals surface area contributed by atoms with Crippen molar-refractivity contribution in [1.82, 2.24) is 4.31 Å². The molecule has 0 bridgehead atoms. The van der Waals surface area contributed by atoms with E-state index in [1.165, 1.54) is 4.31 Å². The largest absolute Gasteiger partial charge is 0.326 e. The van der Waals surface area contributed by atoms with Gasteiger partial charge in [-0.2, -0.15) is 4.31 Å². The van der Waals surface area contributed by atoms with Crippen LogP contribution in [-0.2, 0) is 14.8 Å². The first-order chi connectivity index (χ1) is 14.5. The highest BCUT2D eigenvalue weighted by Crippen LogP contribution is 2.27. The fraction of sp³-hybridized carbons (Fsp3) is 0.261. The van der Waals surface area contributed by atoms with Crippen molar-refractivity contribution < 1.29 is 13.2 Å². The molecule has 0 aliphatic carbocycles. The summed E-state index contributed by atoms with van der Waals surface area (Å²) in [5, 5.41) is 4.84. The number of carbonyl (C=O) groups is 1. The van der Waals surface area contributed by atoms with E-state index in [0.29, 0.717) is 19.4 Å². The lowest BCUT2D eigenvalue weighted by molar-refractivity contribution is -0.120. The van der Waals surface area contributed by atoms with Gasteiger partial charge in [0.05, 0.1) is 10.8 Å². The Morgan fingerprint density at radius 1 is 1.03 bits per heavy atom. The van der Waals surface area contributed by atoms with Crippen LogP contribution in [0.25, 0.3) is 10.8 Å². The lowest BCUT2D eigenvalue weighted by Gasteiger charge is -2.31. The summed E-state index contributed by atoms with van der Waals surface area (Å²) in [6.45, 7) is 0.629. The molecule has 1 atom stereocenters. The van der Waals surface area contributed by atoms with Crippen LogP contribution in [0.4, 0.5) is 5.69 Å². The summed E-state index contributed by atoms with van der Waals surface area (Å²) in [7, 11) is -3.65. The Bertz CT molecular complexity index is 1180. The second kappa shape index (κ2) is 8.79. The summed E-state index contributed by atoms with van der Waals surface area (Å²) in [4.78, 5) is 14.2. The highest BCUT2D eigenvalue weighted by Gasteiger charge is 2.33. The standard InChI is InChI=1S/C23H24N2O3S2/c1-29-21-10-4-9-20(15-21)24-23(26)19-8-5-13-25(16-19)30(27,28)22-12-11-17-6-2-3-7-18(17)14-22/h2-4,6-7,9-12,14-15,19H,5,8,13,16H2,1H3,(H,24,26)/t19-/m1/s1. The molecule has 0 radical (unpaired) electrons. The minimum atomic E-state index is -3.65. The molecule has 3 aromatic rings. The molecular weight excluding hydrogens is 416 g/mol. The van der Waals surface area contributed by atoms with Crippen molar-refractivity contribution in [1.29, 1.82) is 0 Å². The van der Waals surface area contributed by atoms with Crippen LogP contribution in [0.3, 0.4) is 0 Å². The molecule has 1 N–H and O–H groups in total. The number of hydrogen-bond donors (Lipinski definition) is 1. The van der Waals surface area contributed by atoms with E-state index in [1.807, 2.05) is 60.9 Å². The van der Waals surface area contributed by atoms with Crippen molar-refractivity contribution in [3.63, 3.8) is 0 Å². The molecule has 5 nitrogen and oxygen atoms in total. The number of fused-ring (bicyclic) bond motifs is 1. The lowest BCUT2D eigenvalue weighted by atomic mass is 9.99. The molecule has 3 aromatic carbocycles. The number of piperidine rings is 1. The predicted octanol–water partition coefficient (Wildman–Crippen LogP) is 4.60. The fourth-order valence-electron chi connectivity index (χ4n) is 3.80. The van der Waals surface area contributed by atoms with Crippen molar-refractivity contribution in [2.45, 2.75) is 22.6 Å². The molecular formula is C23H24N2O3S2. The van der Waals surface area contributed by atoms with Gasteiger partial charge < -0.3 is 5.32 Å². The molecule has 1 amide bonds. The third kappa shape index (κ3) is 4.38. The van der Waals surface area contributed by atoms with E-state index in [0.717, 1.165) is 21.4 Å². The second-order valence-corrected chi connectivity index (χ2v) is 10.2.